The molecule has 0 aromatic carbocycles. The number of sulfonamides is 1. The first-order valence-corrected chi connectivity index (χ1v) is 8.58. The Kier molecular flexibility index (Phi) is 3.50. The molecule has 112 valence electrons. The lowest BCUT2D eigenvalue weighted by Crippen LogP contribution is -2.30. The van der Waals surface area contributed by atoms with E-state index in [0.717, 1.165) is 12.8 Å². The molecule has 8 heteroatoms. The third kappa shape index (κ3) is 2.56. The maximum Gasteiger partial charge on any atom is 0.211 e. The second-order valence-electron chi connectivity index (χ2n) is 5.18. The van der Waals surface area contributed by atoms with Crippen LogP contribution in [0.25, 0.3) is 11.5 Å². The Morgan fingerprint density at radius 2 is 1.95 bits per heavy atom. The van der Waals surface area contributed by atoms with Gasteiger partial charge in [0.25, 0.3) is 0 Å². The first kappa shape index (κ1) is 14.2. The Hall–Kier alpha value is -1.80. The summed E-state index contributed by atoms with van der Waals surface area (Å²) in [5.74, 6) is 0.693. The molecule has 3 rings (SSSR count). The first-order chi connectivity index (χ1) is 9.98. The summed E-state index contributed by atoms with van der Waals surface area (Å²) >= 11 is 0. The summed E-state index contributed by atoms with van der Waals surface area (Å²) in [6.45, 7) is 0.528. The lowest BCUT2D eigenvalue weighted by molar-refractivity contribution is 0.394. The van der Waals surface area contributed by atoms with Crippen LogP contribution in [-0.2, 0) is 17.1 Å². The standard InChI is InChI=1S/C13H17N5O2S/c1-17-9-7-16-13(17)12-11(14-5-6-15-12)10-4-3-8-18(10)21(2,19)20/h5-7,9-10H,3-4,8H2,1-2H3/t10-/m1/s1. The van der Waals surface area contributed by atoms with Crippen molar-refractivity contribution in [3.8, 4) is 11.5 Å². The molecule has 1 saturated heterocycles. The van der Waals surface area contributed by atoms with Gasteiger partial charge in [-0.05, 0) is 12.8 Å². The van der Waals surface area contributed by atoms with Gasteiger partial charge in [0.05, 0.1) is 18.0 Å². The average Bonchev–Trinajstić information content (AvgIpc) is 3.06. The SMILES string of the molecule is Cn1ccnc1-c1nccnc1[C@H]1CCCN1S(C)(=O)=O. The van der Waals surface area contributed by atoms with E-state index in [2.05, 4.69) is 15.0 Å². The fourth-order valence-electron chi connectivity index (χ4n) is 2.77. The normalized spacial score (nSPS) is 20.0. The van der Waals surface area contributed by atoms with Crippen LogP contribution in [0.4, 0.5) is 0 Å². The maximum atomic E-state index is 11.9. The topological polar surface area (TPSA) is 81.0 Å². The zero-order valence-electron chi connectivity index (χ0n) is 12.0. The van der Waals surface area contributed by atoms with Crippen molar-refractivity contribution in [1.29, 1.82) is 0 Å². The fourth-order valence-corrected chi connectivity index (χ4v) is 3.90. The third-order valence-electron chi connectivity index (χ3n) is 3.70. The molecule has 1 aliphatic rings. The molecule has 0 unspecified atom stereocenters. The van der Waals surface area contributed by atoms with E-state index in [1.807, 2.05) is 17.8 Å². The molecule has 1 fully saturated rings. The summed E-state index contributed by atoms with van der Waals surface area (Å²) in [6, 6.07) is -0.264. The minimum absolute atomic E-state index is 0.264. The van der Waals surface area contributed by atoms with Crippen LogP contribution in [0.15, 0.2) is 24.8 Å². The molecule has 1 atom stereocenters. The van der Waals surface area contributed by atoms with Gasteiger partial charge in [0.15, 0.2) is 5.82 Å². The van der Waals surface area contributed by atoms with Gasteiger partial charge in [-0.1, -0.05) is 0 Å². The summed E-state index contributed by atoms with van der Waals surface area (Å²) in [4.78, 5) is 13.1. The zero-order chi connectivity index (χ0) is 15.0. The van der Waals surface area contributed by atoms with Crippen molar-refractivity contribution in [2.24, 2.45) is 7.05 Å². The highest BCUT2D eigenvalue weighted by Crippen LogP contribution is 2.36. The van der Waals surface area contributed by atoms with Gasteiger partial charge in [-0.25, -0.2) is 18.4 Å². The number of aromatic nitrogens is 4. The number of hydrogen-bond donors (Lipinski definition) is 0. The Bertz CT molecular complexity index is 755. The second-order valence-corrected chi connectivity index (χ2v) is 7.12. The monoisotopic (exact) mass is 307 g/mol. The molecule has 0 N–H and O–H groups in total. The first-order valence-electron chi connectivity index (χ1n) is 6.74. The van der Waals surface area contributed by atoms with Gasteiger partial charge >= 0.3 is 0 Å². The molecule has 21 heavy (non-hydrogen) atoms. The number of hydrogen-bond acceptors (Lipinski definition) is 5. The summed E-state index contributed by atoms with van der Waals surface area (Å²) in [6.07, 6.45) is 9.54. The highest BCUT2D eigenvalue weighted by atomic mass is 32.2. The van der Waals surface area contributed by atoms with E-state index in [-0.39, 0.29) is 6.04 Å². The molecule has 7 nitrogen and oxygen atoms in total. The molecule has 2 aromatic rings. The summed E-state index contributed by atoms with van der Waals surface area (Å²) in [7, 11) is -1.38. The van der Waals surface area contributed by atoms with Gasteiger partial charge in [0.1, 0.15) is 5.69 Å². The molecular formula is C13H17N5O2S. The van der Waals surface area contributed by atoms with E-state index in [9.17, 15) is 8.42 Å². The molecule has 0 amide bonds. The van der Waals surface area contributed by atoms with E-state index >= 15 is 0 Å². The van der Waals surface area contributed by atoms with Crippen LogP contribution in [0.1, 0.15) is 24.6 Å². The average molecular weight is 307 g/mol. The smallest absolute Gasteiger partial charge is 0.211 e. The summed E-state index contributed by atoms with van der Waals surface area (Å²) < 4.78 is 27.2. The molecule has 0 saturated carbocycles. The predicted molar refractivity (Wildman–Crippen MR) is 77.8 cm³/mol. The third-order valence-corrected chi connectivity index (χ3v) is 4.99. The van der Waals surface area contributed by atoms with Crippen molar-refractivity contribution in [1.82, 2.24) is 23.8 Å². The minimum Gasteiger partial charge on any atom is -0.333 e. The summed E-state index contributed by atoms with van der Waals surface area (Å²) in [5, 5.41) is 0. The molecule has 1 aliphatic heterocycles. The molecule has 3 heterocycles. The Labute approximate surface area is 123 Å². The largest absolute Gasteiger partial charge is 0.333 e. The van der Waals surface area contributed by atoms with Crippen molar-refractivity contribution >= 4 is 10.0 Å². The van der Waals surface area contributed by atoms with Gasteiger partial charge in [-0.15, -0.1) is 0 Å². The van der Waals surface area contributed by atoms with Gasteiger partial charge in [-0.2, -0.15) is 4.31 Å². The quantitative estimate of drug-likeness (QED) is 0.844. The van der Waals surface area contributed by atoms with Crippen LogP contribution in [0.5, 0.6) is 0 Å². The molecule has 0 aliphatic carbocycles. The van der Waals surface area contributed by atoms with Crippen molar-refractivity contribution in [3.63, 3.8) is 0 Å². The van der Waals surface area contributed by atoms with E-state index in [1.165, 1.54) is 10.6 Å². The van der Waals surface area contributed by atoms with E-state index in [0.29, 0.717) is 23.8 Å². The second kappa shape index (κ2) is 5.19. The summed E-state index contributed by atoms with van der Waals surface area (Å²) in [5.41, 5.74) is 1.32. The van der Waals surface area contributed by atoms with Crippen LogP contribution in [-0.4, -0.2) is 45.0 Å². The molecule has 0 spiro atoms. The Morgan fingerprint density at radius 1 is 1.19 bits per heavy atom. The minimum atomic E-state index is -3.26. The van der Waals surface area contributed by atoms with Crippen LogP contribution in [0.3, 0.4) is 0 Å². The zero-order valence-corrected chi connectivity index (χ0v) is 12.8. The number of aryl methyl sites for hydroxylation is 1. The molecule has 0 bridgehead atoms. The number of imidazole rings is 1. The van der Waals surface area contributed by atoms with Crippen molar-refractivity contribution in [2.45, 2.75) is 18.9 Å². The van der Waals surface area contributed by atoms with E-state index in [1.54, 1.807) is 18.6 Å². The molecular weight excluding hydrogens is 290 g/mol. The highest BCUT2D eigenvalue weighted by Gasteiger charge is 2.35. The van der Waals surface area contributed by atoms with Crippen molar-refractivity contribution in [2.75, 3.05) is 12.8 Å². The number of nitrogens with zero attached hydrogens (tertiary/aromatic N) is 5. The van der Waals surface area contributed by atoms with Gasteiger partial charge in [0.2, 0.25) is 10.0 Å². The Morgan fingerprint density at radius 3 is 2.62 bits per heavy atom. The van der Waals surface area contributed by atoms with Crippen molar-refractivity contribution in [3.05, 3.63) is 30.5 Å². The predicted octanol–water partition coefficient (Wildman–Crippen LogP) is 0.974. The highest BCUT2D eigenvalue weighted by molar-refractivity contribution is 7.88. The lowest BCUT2D eigenvalue weighted by Gasteiger charge is -2.22. The Balaban J connectivity index is 2.10. The lowest BCUT2D eigenvalue weighted by atomic mass is 10.1. The van der Waals surface area contributed by atoms with Crippen LogP contribution in [0.2, 0.25) is 0 Å². The van der Waals surface area contributed by atoms with Gasteiger partial charge in [0, 0.05) is 38.4 Å². The van der Waals surface area contributed by atoms with E-state index < -0.39 is 10.0 Å². The van der Waals surface area contributed by atoms with E-state index in [4.69, 9.17) is 0 Å². The molecule has 2 aromatic heterocycles. The number of rotatable bonds is 3. The van der Waals surface area contributed by atoms with Crippen LogP contribution in [0, 0.1) is 0 Å². The van der Waals surface area contributed by atoms with Crippen LogP contribution >= 0.6 is 0 Å². The van der Waals surface area contributed by atoms with Crippen LogP contribution < -0.4 is 0 Å². The van der Waals surface area contributed by atoms with Gasteiger partial charge in [-0.3, -0.25) is 4.98 Å². The maximum absolute atomic E-state index is 11.9. The van der Waals surface area contributed by atoms with Gasteiger partial charge < -0.3 is 4.57 Å². The van der Waals surface area contributed by atoms with Crippen molar-refractivity contribution < 1.29 is 8.42 Å². The fraction of sp³-hybridized carbons (Fsp3) is 0.462. The molecule has 0 radical (unpaired) electrons.